The van der Waals surface area contributed by atoms with Gasteiger partial charge in [-0.25, -0.2) is 4.79 Å². The zero-order valence-corrected chi connectivity index (χ0v) is 17.5. The van der Waals surface area contributed by atoms with E-state index >= 15 is 0 Å². The number of hydrogen-bond acceptors (Lipinski definition) is 5. The quantitative estimate of drug-likeness (QED) is 0.764. The van der Waals surface area contributed by atoms with Crippen LogP contribution < -0.4 is 10.1 Å². The summed E-state index contributed by atoms with van der Waals surface area (Å²) >= 11 is 5.33. The second-order valence-electron chi connectivity index (χ2n) is 7.79. The topological polar surface area (TPSA) is 63.7 Å². The third kappa shape index (κ3) is 4.42. The van der Waals surface area contributed by atoms with Crippen molar-refractivity contribution < 1.29 is 14.3 Å². The van der Waals surface area contributed by atoms with Crippen LogP contribution in [0.15, 0.2) is 42.7 Å². The van der Waals surface area contributed by atoms with Crippen molar-refractivity contribution in [3.05, 3.63) is 53.9 Å². The molecule has 1 aromatic carbocycles. The fourth-order valence-corrected chi connectivity index (χ4v) is 3.17. The molecular formula is C21H25N3O3S. The molecule has 3 rings (SSSR count). The van der Waals surface area contributed by atoms with Gasteiger partial charge in [0.25, 0.3) is 0 Å². The monoisotopic (exact) mass is 399 g/mol. The number of aromatic nitrogens is 1. The Morgan fingerprint density at radius 3 is 2.71 bits per heavy atom. The number of carbonyl (C=O) groups is 1. The Labute approximate surface area is 170 Å². The fraction of sp³-hybridized carbons (Fsp3) is 0.381. The summed E-state index contributed by atoms with van der Waals surface area (Å²) in [5, 5.41) is 3.22. The maximum Gasteiger partial charge on any atom is 0.410 e. The van der Waals surface area contributed by atoms with Gasteiger partial charge in [-0.1, -0.05) is 24.4 Å². The molecule has 0 saturated carbocycles. The predicted octanol–water partition coefficient (Wildman–Crippen LogP) is 4.56. The number of thiocarbonyl (C=S) groups is 1. The number of pyridine rings is 1. The van der Waals surface area contributed by atoms with Gasteiger partial charge in [0, 0.05) is 19.4 Å². The van der Waals surface area contributed by atoms with Gasteiger partial charge in [0.1, 0.15) is 22.4 Å². The van der Waals surface area contributed by atoms with Crippen molar-refractivity contribution in [2.45, 2.75) is 45.4 Å². The standard InChI is InChI=1S/C21H25N3O3S/c1-13-19(28)23-16-11-14(8-9-17(16)26-13)18(15-7-6-10-22-12-15)24(5)20(25)27-21(2,3)4/h6-13,18H,1-5H3,(H,23,28). The number of carbonyl (C=O) groups excluding carboxylic acids is 1. The number of hydrogen-bond donors (Lipinski definition) is 1. The molecule has 6 nitrogen and oxygen atoms in total. The normalized spacial score (nSPS) is 17.0. The molecule has 0 bridgehead atoms. The number of nitrogens with zero attached hydrogens (tertiary/aromatic N) is 2. The van der Waals surface area contributed by atoms with Gasteiger partial charge in [0.2, 0.25) is 0 Å². The van der Waals surface area contributed by atoms with Crippen LogP contribution in [-0.4, -0.2) is 39.7 Å². The Morgan fingerprint density at radius 1 is 1.32 bits per heavy atom. The van der Waals surface area contributed by atoms with Gasteiger partial charge < -0.3 is 19.7 Å². The highest BCUT2D eigenvalue weighted by Gasteiger charge is 2.29. The van der Waals surface area contributed by atoms with E-state index in [-0.39, 0.29) is 12.1 Å². The maximum absolute atomic E-state index is 12.8. The molecular weight excluding hydrogens is 374 g/mol. The number of amides is 1. The Balaban J connectivity index is 2.00. The lowest BCUT2D eigenvalue weighted by Gasteiger charge is -2.32. The SMILES string of the molecule is CC1Oc2ccc(C(c3cccnc3)N(C)C(=O)OC(C)(C)C)cc2NC1=S. The van der Waals surface area contributed by atoms with Crippen LogP contribution >= 0.6 is 12.2 Å². The van der Waals surface area contributed by atoms with E-state index in [9.17, 15) is 4.79 Å². The summed E-state index contributed by atoms with van der Waals surface area (Å²) in [6.45, 7) is 7.45. The lowest BCUT2D eigenvalue weighted by Crippen LogP contribution is -2.37. The van der Waals surface area contributed by atoms with Crippen LogP contribution in [0.3, 0.4) is 0 Å². The first-order chi connectivity index (χ1) is 13.2. The van der Waals surface area contributed by atoms with Crippen LogP contribution in [-0.2, 0) is 4.74 Å². The molecule has 1 amide bonds. The van der Waals surface area contributed by atoms with Gasteiger partial charge in [-0.15, -0.1) is 0 Å². The second-order valence-corrected chi connectivity index (χ2v) is 8.22. The second kappa shape index (κ2) is 7.75. The minimum Gasteiger partial charge on any atom is -0.481 e. The van der Waals surface area contributed by atoms with Gasteiger partial charge in [-0.05, 0) is 57.0 Å². The highest BCUT2D eigenvalue weighted by molar-refractivity contribution is 7.80. The van der Waals surface area contributed by atoms with E-state index < -0.39 is 11.7 Å². The van der Waals surface area contributed by atoms with Crippen LogP contribution in [0.25, 0.3) is 0 Å². The van der Waals surface area contributed by atoms with E-state index in [2.05, 4.69) is 10.3 Å². The maximum atomic E-state index is 12.8. The Hall–Kier alpha value is -2.67. The third-order valence-corrected chi connectivity index (χ3v) is 4.75. The first-order valence-corrected chi connectivity index (χ1v) is 9.54. The summed E-state index contributed by atoms with van der Waals surface area (Å²) in [6.07, 6.45) is 2.87. The first kappa shape index (κ1) is 20.1. The molecule has 148 valence electrons. The highest BCUT2D eigenvalue weighted by atomic mass is 32.1. The molecule has 2 unspecified atom stereocenters. The van der Waals surface area contributed by atoms with Crippen molar-refractivity contribution in [2.24, 2.45) is 0 Å². The molecule has 0 aliphatic carbocycles. The lowest BCUT2D eigenvalue weighted by molar-refractivity contribution is 0.0248. The number of benzene rings is 1. The van der Waals surface area contributed by atoms with Crippen LogP contribution in [0.2, 0.25) is 0 Å². The van der Waals surface area contributed by atoms with Gasteiger partial charge in [-0.3, -0.25) is 4.98 Å². The third-order valence-electron chi connectivity index (χ3n) is 4.32. The predicted molar refractivity (Wildman–Crippen MR) is 113 cm³/mol. The molecule has 0 saturated heterocycles. The minimum atomic E-state index is -0.585. The molecule has 1 aliphatic heterocycles. The zero-order valence-electron chi connectivity index (χ0n) is 16.7. The number of anilines is 1. The molecule has 28 heavy (non-hydrogen) atoms. The van der Waals surface area contributed by atoms with E-state index in [1.54, 1.807) is 24.3 Å². The van der Waals surface area contributed by atoms with Gasteiger partial charge in [0.15, 0.2) is 0 Å². The van der Waals surface area contributed by atoms with E-state index in [0.717, 1.165) is 22.6 Å². The largest absolute Gasteiger partial charge is 0.481 e. The number of rotatable bonds is 3. The zero-order chi connectivity index (χ0) is 20.5. The van der Waals surface area contributed by atoms with Gasteiger partial charge in [0.05, 0.1) is 11.7 Å². The first-order valence-electron chi connectivity index (χ1n) is 9.13. The van der Waals surface area contributed by atoms with Crippen molar-refractivity contribution in [1.82, 2.24) is 9.88 Å². The van der Waals surface area contributed by atoms with Crippen molar-refractivity contribution in [1.29, 1.82) is 0 Å². The van der Waals surface area contributed by atoms with Crippen molar-refractivity contribution >= 4 is 29.0 Å². The Morgan fingerprint density at radius 2 is 2.07 bits per heavy atom. The summed E-state index contributed by atoms with van der Waals surface area (Å²) in [5.41, 5.74) is 1.97. The van der Waals surface area contributed by atoms with E-state index in [0.29, 0.717) is 4.99 Å². The van der Waals surface area contributed by atoms with Crippen molar-refractivity contribution in [2.75, 3.05) is 12.4 Å². The molecule has 1 aromatic heterocycles. The lowest BCUT2D eigenvalue weighted by atomic mass is 9.98. The minimum absolute atomic E-state index is 0.174. The van der Waals surface area contributed by atoms with Crippen LogP contribution in [0, 0.1) is 0 Å². The number of fused-ring (bicyclic) bond motifs is 1. The molecule has 0 fully saturated rings. The summed E-state index contributed by atoms with van der Waals surface area (Å²) in [7, 11) is 1.72. The number of ether oxygens (including phenoxy) is 2. The molecule has 7 heteroatoms. The molecule has 2 atom stereocenters. The van der Waals surface area contributed by atoms with Gasteiger partial charge in [-0.2, -0.15) is 0 Å². The fourth-order valence-electron chi connectivity index (χ4n) is 3.01. The van der Waals surface area contributed by atoms with Crippen LogP contribution in [0.4, 0.5) is 10.5 Å². The van der Waals surface area contributed by atoms with Crippen molar-refractivity contribution in [3.8, 4) is 5.75 Å². The number of nitrogens with one attached hydrogen (secondary N) is 1. The van der Waals surface area contributed by atoms with Crippen molar-refractivity contribution in [3.63, 3.8) is 0 Å². The average molecular weight is 400 g/mol. The van der Waals surface area contributed by atoms with Crippen LogP contribution in [0.1, 0.15) is 44.9 Å². The Bertz CT molecular complexity index is 880. The van der Waals surface area contributed by atoms with Gasteiger partial charge >= 0.3 is 6.09 Å². The summed E-state index contributed by atoms with van der Waals surface area (Å²) in [5.74, 6) is 0.731. The molecule has 0 radical (unpaired) electrons. The molecule has 1 N–H and O–H groups in total. The Kier molecular flexibility index (Phi) is 5.56. The smallest absolute Gasteiger partial charge is 0.410 e. The van der Waals surface area contributed by atoms with E-state index in [4.69, 9.17) is 21.7 Å². The molecule has 2 heterocycles. The van der Waals surface area contributed by atoms with Crippen LogP contribution in [0.5, 0.6) is 5.75 Å². The molecule has 1 aliphatic rings. The summed E-state index contributed by atoms with van der Waals surface area (Å²) in [6, 6.07) is 9.20. The van der Waals surface area contributed by atoms with E-state index in [1.807, 2.05) is 58.0 Å². The summed E-state index contributed by atoms with van der Waals surface area (Å²) < 4.78 is 11.4. The molecule has 0 spiro atoms. The average Bonchev–Trinajstić information content (AvgIpc) is 2.62. The summed E-state index contributed by atoms with van der Waals surface area (Å²) in [4.78, 5) is 19.2. The highest BCUT2D eigenvalue weighted by Crippen LogP contribution is 2.36. The van der Waals surface area contributed by atoms with E-state index in [1.165, 1.54) is 0 Å². The molecule has 2 aromatic rings.